The zero-order chi connectivity index (χ0) is 18.5. The second-order valence-corrected chi connectivity index (χ2v) is 7.71. The summed E-state index contributed by atoms with van der Waals surface area (Å²) in [7, 11) is 1.97. The molecule has 0 atom stereocenters. The van der Waals surface area contributed by atoms with E-state index in [1.807, 2.05) is 29.9 Å². The first-order chi connectivity index (χ1) is 12.5. The average Bonchev–Trinajstić information content (AvgIpc) is 3.26. The van der Waals surface area contributed by atoms with Crippen molar-refractivity contribution in [1.82, 2.24) is 14.7 Å². The van der Waals surface area contributed by atoms with Crippen molar-refractivity contribution in [3.63, 3.8) is 0 Å². The third kappa shape index (κ3) is 5.00. The van der Waals surface area contributed by atoms with Crippen LogP contribution in [0.4, 0.5) is 5.82 Å². The van der Waals surface area contributed by atoms with Gasteiger partial charge in [0.15, 0.2) is 0 Å². The summed E-state index contributed by atoms with van der Waals surface area (Å²) in [5.74, 6) is 0.795. The van der Waals surface area contributed by atoms with E-state index in [9.17, 15) is 4.79 Å². The van der Waals surface area contributed by atoms with Gasteiger partial charge in [0.2, 0.25) is 5.91 Å². The van der Waals surface area contributed by atoms with Crippen molar-refractivity contribution in [3.8, 4) is 0 Å². The second kappa shape index (κ2) is 8.89. The van der Waals surface area contributed by atoms with Crippen molar-refractivity contribution in [2.24, 2.45) is 0 Å². The van der Waals surface area contributed by atoms with Crippen molar-refractivity contribution in [2.45, 2.75) is 44.7 Å². The first-order valence-electron chi connectivity index (χ1n) is 8.99. The molecule has 1 N–H and O–H groups in total. The molecule has 0 spiro atoms. The van der Waals surface area contributed by atoms with Crippen LogP contribution in [0.1, 0.15) is 43.7 Å². The summed E-state index contributed by atoms with van der Waals surface area (Å²) in [6.45, 7) is 1.31. The van der Waals surface area contributed by atoms with Gasteiger partial charge in [-0.15, -0.1) is 0 Å². The molecule has 3 rings (SSSR count). The Morgan fingerprint density at radius 3 is 2.81 bits per heavy atom. The molecule has 7 heteroatoms. The van der Waals surface area contributed by atoms with E-state index in [2.05, 4.69) is 15.3 Å². The molecule has 1 heterocycles. The van der Waals surface area contributed by atoms with Crippen LogP contribution in [0.15, 0.2) is 30.5 Å². The van der Waals surface area contributed by atoms with Gasteiger partial charge in [0.05, 0.1) is 12.2 Å². The maximum absolute atomic E-state index is 12.3. The van der Waals surface area contributed by atoms with Crippen LogP contribution in [-0.2, 0) is 11.3 Å². The smallest absolute Gasteiger partial charge is 0.226 e. The Morgan fingerprint density at radius 2 is 2.08 bits per heavy atom. The summed E-state index contributed by atoms with van der Waals surface area (Å²) < 4.78 is 1.96. The van der Waals surface area contributed by atoms with Crippen LogP contribution in [0.3, 0.4) is 0 Å². The minimum absolute atomic E-state index is 0.00111. The van der Waals surface area contributed by atoms with Gasteiger partial charge in [0, 0.05) is 35.6 Å². The minimum Gasteiger partial charge on any atom is -0.311 e. The van der Waals surface area contributed by atoms with Crippen molar-refractivity contribution >= 4 is 34.9 Å². The molecule has 1 saturated carbocycles. The summed E-state index contributed by atoms with van der Waals surface area (Å²) in [4.78, 5) is 14.4. The van der Waals surface area contributed by atoms with Gasteiger partial charge < -0.3 is 10.2 Å². The highest BCUT2D eigenvalue weighted by atomic mass is 35.5. The van der Waals surface area contributed by atoms with Crippen molar-refractivity contribution in [3.05, 3.63) is 46.1 Å². The lowest BCUT2D eigenvalue weighted by atomic mass is 10.2. The number of amides is 1. The molecule has 140 valence electrons. The number of hydrogen-bond acceptors (Lipinski definition) is 3. The first kappa shape index (κ1) is 19.2. The van der Waals surface area contributed by atoms with Gasteiger partial charge in [0.1, 0.15) is 5.82 Å². The topological polar surface area (TPSA) is 50.2 Å². The maximum atomic E-state index is 12.3. The van der Waals surface area contributed by atoms with Gasteiger partial charge in [-0.3, -0.25) is 4.79 Å². The lowest BCUT2D eigenvalue weighted by Gasteiger charge is -2.18. The molecule has 0 radical (unpaired) electrons. The number of nitrogens with zero attached hydrogens (tertiary/aromatic N) is 3. The number of benzene rings is 1. The molecule has 0 aliphatic heterocycles. The number of nitrogens with one attached hydrogen (secondary N) is 1. The van der Waals surface area contributed by atoms with Crippen LogP contribution in [0.25, 0.3) is 0 Å². The molecule has 26 heavy (non-hydrogen) atoms. The number of halogens is 2. The standard InChI is InChI=1S/C19H24Cl2N4O/c1-24(13-14-6-7-15(20)12-17(14)21)11-9-19(26)23-18-8-10-22-25(18)16-4-2-3-5-16/h6-8,10,12,16H,2-5,9,11,13H2,1H3,(H,23,26). The highest BCUT2D eigenvalue weighted by Gasteiger charge is 2.20. The number of aromatic nitrogens is 2. The van der Waals surface area contributed by atoms with E-state index in [0.29, 0.717) is 35.6 Å². The molecule has 2 aromatic rings. The van der Waals surface area contributed by atoms with Crippen molar-refractivity contribution in [1.29, 1.82) is 0 Å². The van der Waals surface area contributed by atoms with E-state index >= 15 is 0 Å². The number of hydrogen-bond donors (Lipinski definition) is 1. The van der Waals surface area contributed by atoms with E-state index in [1.165, 1.54) is 12.8 Å². The molecule has 0 unspecified atom stereocenters. The van der Waals surface area contributed by atoms with Crippen LogP contribution in [0, 0.1) is 0 Å². The van der Waals surface area contributed by atoms with Crippen LogP contribution < -0.4 is 5.32 Å². The third-order valence-electron chi connectivity index (χ3n) is 4.78. The van der Waals surface area contributed by atoms with E-state index in [1.54, 1.807) is 12.3 Å². The molecule has 1 aromatic heterocycles. The van der Waals surface area contributed by atoms with Crippen molar-refractivity contribution in [2.75, 3.05) is 18.9 Å². The highest BCUT2D eigenvalue weighted by molar-refractivity contribution is 6.35. The van der Waals surface area contributed by atoms with Gasteiger partial charge in [-0.2, -0.15) is 5.10 Å². The molecular formula is C19H24Cl2N4O. The average molecular weight is 395 g/mol. The molecule has 1 aromatic carbocycles. The summed E-state index contributed by atoms with van der Waals surface area (Å²) in [5.41, 5.74) is 0.998. The number of carbonyl (C=O) groups is 1. The zero-order valence-corrected chi connectivity index (χ0v) is 16.4. The minimum atomic E-state index is -0.00111. The van der Waals surface area contributed by atoms with E-state index in [4.69, 9.17) is 23.2 Å². The summed E-state index contributed by atoms with van der Waals surface area (Å²) >= 11 is 12.1. The molecular weight excluding hydrogens is 371 g/mol. The number of rotatable bonds is 7. The largest absolute Gasteiger partial charge is 0.311 e. The number of anilines is 1. The van der Waals surface area contributed by atoms with Gasteiger partial charge in [-0.25, -0.2) is 4.68 Å². The lowest BCUT2D eigenvalue weighted by molar-refractivity contribution is -0.116. The Labute approximate surface area is 164 Å². The Bertz CT molecular complexity index is 756. The van der Waals surface area contributed by atoms with Crippen LogP contribution in [0.2, 0.25) is 10.0 Å². The second-order valence-electron chi connectivity index (χ2n) is 6.87. The SMILES string of the molecule is CN(CCC(=O)Nc1ccnn1C1CCCC1)Cc1ccc(Cl)cc1Cl. The number of carbonyl (C=O) groups excluding carboxylic acids is 1. The molecule has 5 nitrogen and oxygen atoms in total. The molecule has 1 aliphatic rings. The molecule has 1 aliphatic carbocycles. The zero-order valence-electron chi connectivity index (χ0n) is 14.9. The predicted octanol–water partition coefficient (Wildman–Crippen LogP) is 4.77. The normalized spacial score (nSPS) is 14.9. The first-order valence-corrected chi connectivity index (χ1v) is 9.74. The predicted molar refractivity (Wildman–Crippen MR) is 106 cm³/mol. The Morgan fingerprint density at radius 1 is 1.31 bits per heavy atom. The van der Waals surface area contributed by atoms with Crippen LogP contribution in [-0.4, -0.2) is 34.2 Å². The van der Waals surface area contributed by atoms with Gasteiger partial charge in [-0.05, 0) is 37.6 Å². The molecule has 0 bridgehead atoms. The molecule has 1 fully saturated rings. The quantitative estimate of drug-likeness (QED) is 0.735. The Kier molecular flexibility index (Phi) is 6.57. The fourth-order valence-corrected chi connectivity index (χ4v) is 3.84. The van der Waals surface area contributed by atoms with Crippen LogP contribution >= 0.6 is 23.2 Å². The maximum Gasteiger partial charge on any atom is 0.226 e. The van der Waals surface area contributed by atoms with Crippen molar-refractivity contribution < 1.29 is 4.79 Å². The Hall–Kier alpha value is -1.56. The highest BCUT2D eigenvalue weighted by Crippen LogP contribution is 2.31. The summed E-state index contributed by atoms with van der Waals surface area (Å²) in [5, 5.41) is 8.65. The van der Waals surface area contributed by atoms with E-state index < -0.39 is 0 Å². The Balaban J connectivity index is 1.49. The summed E-state index contributed by atoms with van der Waals surface area (Å²) in [6.07, 6.45) is 6.90. The van der Waals surface area contributed by atoms with Gasteiger partial charge in [0.25, 0.3) is 0 Å². The third-order valence-corrected chi connectivity index (χ3v) is 5.37. The summed E-state index contributed by atoms with van der Waals surface area (Å²) in [6, 6.07) is 7.76. The van der Waals surface area contributed by atoms with E-state index in [0.717, 1.165) is 24.2 Å². The fourth-order valence-electron chi connectivity index (χ4n) is 3.37. The monoisotopic (exact) mass is 394 g/mol. The van der Waals surface area contributed by atoms with Gasteiger partial charge >= 0.3 is 0 Å². The van der Waals surface area contributed by atoms with E-state index in [-0.39, 0.29) is 5.91 Å². The lowest BCUT2D eigenvalue weighted by Crippen LogP contribution is -2.25. The molecule has 1 amide bonds. The van der Waals surface area contributed by atoms with Crippen LogP contribution in [0.5, 0.6) is 0 Å². The molecule has 0 saturated heterocycles. The fraction of sp³-hybridized carbons (Fsp3) is 0.474. The van der Waals surface area contributed by atoms with Gasteiger partial charge in [-0.1, -0.05) is 42.1 Å².